The van der Waals surface area contributed by atoms with Crippen molar-refractivity contribution in [3.05, 3.63) is 60.2 Å². The maximum atomic E-state index is 10.5. The minimum Gasteiger partial charge on any atom is -0.482 e. The maximum absolute atomic E-state index is 10.5. The molecule has 5 nitrogen and oxygen atoms in total. The molecule has 2 aromatic carbocycles. The second kappa shape index (κ2) is 8.68. The number of nitrogens with zero attached hydrogens (tertiary/aromatic N) is 1. The van der Waals surface area contributed by atoms with Crippen LogP contribution in [0.1, 0.15) is 19.4 Å². The third-order valence-corrected chi connectivity index (χ3v) is 3.23. The first-order chi connectivity index (χ1) is 12.1. The van der Waals surface area contributed by atoms with Crippen LogP contribution in [0.2, 0.25) is 0 Å². The first kappa shape index (κ1) is 18.3. The van der Waals surface area contributed by atoms with Crippen molar-refractivity contribution in [2.24, 2.45) is 0 Å². The number of aryl methyl sites for hydroxylation is 1. The van der Waals surface area contributed by atoms with E-state index in [1.54, 1.807) is 24.3 Å². The monoisotopic (exact) mass is 339 g/mol. The topological polar surface area (TPSA) is 68.7 Å². The second-order valence-electron chi connectivity index (χ2n) is 5.10. The molecular formula is C20H21NO4. The number of carboxylic acids is 1. The molecule has 0 radical (unpaired) electrons. The van der Waals surface area contributed by atoms with E-state index < -0.39 is 5.97 Å². The fraction of sp³-hybridized carbons (Fsp3) is 0.200. The van der Waals surface area contributed by atoms with Crippen LogP contribution < -0.4 is 9.47 Å². The van der Waals surface area contributed by atoms with E-state index >= 15 is 0 Å². The van der Waals surface area contributed by atoms with Crippen molar-refractivity contribution in [2.45, 2.75) is 20.8 Å². The van der Waals surface area contributed by atoms with Crippen LogP contribution in [0, 0.1) is 6.92 Å². The molecule has 130 valence electrons. The number of benzene rings is 2. The molecule has 0 unspecified atom stereocenters. The van der Waals surface area contributed by atoms with Crippen LogP contribution in [-0.4, -0.2) is 22.7 Å². The van der Waals surface area contributed by atoms with Crippen LogP contribution in [0.4, 0.5) is 0 Å². The Morgan fingerprint density at radius 1 is 1.00 bits per heavy atom. The molecule has 0 aliphatic carbocycles. The van der Waals surface area contributed by atoms with Gasteiger partial charge in [-0.15, -0.1) is 0 Å². The van der Waals surface area contributed by atoms with E-state index in [4.69, 9.17) is 14.6 Å². The minimum atomic E-state index is -1.01. The van der Waals surface area contributed by atoms with E-state index in [9.17, 15) is 4.79 Å². The van der Waals surface area contributed by atoms with Crippen molar-refractivity contribution >= 4 is 16.9 Å². The summed E-state index contributed by atoms with van der Waals surface area (Å²) in [4.78, 5) is 14.9. The van der Waals surface area contributed by atoms with Gasteiger partial charge < -0.3 is 14.6 Å². The van der Waals surface area contributed by atoms with E-state index in [2.05, 4.69) is 4.98 Å². The lowest BCUT2D eigenvalue weighted by Crippen LogP contribution is -2.09. The molecule has 0 aliphatic heterocycles. The third-order valence-electron chi connectivity index (χ3n) is 3.23. The highest BCUT2D eigenvalue weighted by Crippen LogP contribution is 2.24. The van der Waals surface area contributed by atoms with E-state index in [0.29, 0.717) is 17.4 Å². The quantitative estimate of drug-likeness (QED) is 0.721. The summed E-state index contributed by atoms with van der Waals surface area (Å²) in [7, 11) is 0. The zero-order chi connectivity index (χ0) is 18.2. The number of hydrogen-bond acceptors (Lipinski definition) is 4. The zero-order valence-corrected chi connectivity index (χ0v) is 14.5. The Labute approximate surface area is 146 Å². The van der Waals surface area contributed by atoms with Crippen molar-refractivity contribution in [3.8, 4) is 17.4 Å². The van der Waals surface area contributed by atoms with Crippen LogP contribution in [0.3, 0.4) is 0 Å². The Bertz CT molecular complexity index is 844. The molecule has 25 heavy (non-hydrogen) atoms. The number of carbonyl (C=O) groups is 1. The van der Waals surface area contributed by atoms with Gasteiger partial charge in [0.1, 0.15) is 11.5 Å². The summed E-state index contributed by atoms with van der Waals surface area (Å²) in [6.07, 6.45) is 0. The molecule has 1 aromatic heterocycles. The standard InChI is InChI=1S/C18H15NO4.C2H6/c1-12-2-3-13-4-9-17(19-16(13)10-12)23-15-7-5-14(6-8-15)22-11-18(20)21;1-2/h2-10H,11H2,1H3,(H,20,21);1-2H3. The van der Waals surface area contributed by atoms with Crippen LogP contribution in [0.15, 0.2) is 54.6 Å². The molecule has 0 saturated carbocycles. The first-order valence-electron chi connectivity index (χ1n) is 8.10. The van der Waals surface area contributed by atoms with Gasteiger partial charge in [-0.2, -0.15) is 0 Å². The molecule has 0 aliphatic rings. The molecular weight excluding hydrogens is 318 g/mol. The highest BCUT2D eigenvalue weighted by Gasteiger charge is 2.03. The SMILES string of the molecule is CC.Cc1ccc2ccc(Oc3ccc(OCC(=O)O)cc3)nc2c1. The number of ether oxygens (including phenoxy) is 2. The molecule has 3 rings (SSSR count). The van der Waals surface area contributed by atoms with Gasteiger partial charge in [0.05, 0.1) is 5.52 Å². The summed E-state index contributed by atoms with van der Waals surface area (Å²) >= 11 is 0. The van der Waals surface area contributed by atoms with E-state index in [-0.39, 0.29) is 6.61 Å². The van der Waals surface area contributed by atoms with Gasteiger partial charge in [-0.1, -0.05) is 26.0 Å². The molecule has 1 heterocycles. The number of carboxylic acid groups (broad SMARTS) is 1. The number of aliphatic carboxylic acids is 1. The van der Waals surface area contributed by atoms with Gasteiger partial charge in [0.2, 0.25) is 5.88 Å². The normalized spacial score (nSPS) is 9.88. The lowest BCUT2D eigenvalue weighted by atomic mass is 10.1. The molecule has 0 saturated heterocycles. The molecule has 1 N–H and O–H groups in total. The third kappa shape index (κ3) is 5.21. The Kier molecular flexibility index (Phi) is 6.34. The summed E-state index contributed by atoms with van der Waals surface area (Å²) in [5.74, 6) is 0.567. The van der Waals surface area contributed by atoms with Gasteiger partial charge in [-0.25, -0.2) is 9.78 Å². The lowest BCUT2D eigenvalue weighted by molar-refractivity contribution is -0.139. The minimum absolute atomic E-state index is 0.369. The molecule has 0 atom stereocenters. The summed E-state index contributed by atoms with van der Waals surface area (Å²) in [6, 6.07) is 16.6. The van der Waals surface area contributed by atoms with Crippen molar-refractivity contribution < 1.29 is 19.4 Å². The predicted octanol–water partition coefficient (Wildman–Crippen LogP) is 4.83. The largest absolute Gasteiger partial charge is 0.482 e. The van der Waals surface area contributed by atoms with Gasteiger partial charge in [-0.05, 0) is 48.9 Å². The number of pyridine rings is 1. The molecule has 0 fully saturated rings. The van der Waals surface area contributed by atoms with Crippen molar-refractivity contribution in [1.82, 2.24) is 4.98 Å². The summed E-state index contributed by atoms with van der Waals surface area (Å²) in [6.45, 7) is 5.65. The van der Waals surface area contributed by atoms with Gasteiger partial charge >= 0.3 is 5.97 Å². The number of fused-ring (bicyclic) bond motifs is 1. The Morgan fingerprint density at radius 2 is 1.64 bits per heavy atom. The molecule has 0 spiro atoms. The Hall–Kier alpha value is -3.08. The summed E-state index contributed by atoms with van der Waals surface area (Å²) in [5.41, 5.74) is 2.02. The number of aromatic nitrogens is 1. The number of hydrogen-bond donors (Lipinski definition) is 1. The van der Waals surface area contributed by atoms with Gasteiger partial charge in [0.25, 0.3) is 0 Å². The molecule has 0 bridgehead atoms. The van der Waals surface area contributed by atoms with Crippen LogP contribution in [0.5, 0.6) is 17.4 Å². The lowest BCUT2D eigenvalue weighted by Gasteiger charge is -2.07. The van der Waals surface area contributed by atoms with Gasteiger partial charge in [0, 0.05) is 11.5 Å². The highest BCUT2D eigenvalue weighted by atomic mass is 16.5. The molecule has 0 amide bonds. The van der Waals surface area contributed by atoms with Crippen molar-refractivity contribution in [1.29, 1.82) is 0 Å². The fourth-order valence-corrected chi connectivity index (χ4v) is 2.14. The van der Waals surface area contributed by atoms with Crippen molar-refractivity contribution in [3.63, 3.8) is 0 Å². The van der Waals surface area contributed by atoms with E-state index in [1.807, 2.05) is 51.1 Å². The zero-order valence-electron chi connectivity index (χ0n) is 14.5. The average Bonchev–Trinajstić information content (AvgIpc) is 2.62. The maximum Gasteiger partial charge on any atom is 0.341 e. The first-order valence-corrected chi connectivity index (χ1v) is 8.10. The highest BCUT2D eigenvalue weighted by molar-refractivity contribution is 5.79. The Balaban J connectivity index is 0.00000109. The van der Waals surface area contributed by atoms with Gasteiger partial charge in [0.15, 0.2) is 6.61 Å². The van der Waals surface area contributed by atoms with Gasteiger partial charge in [-0.3, -0.25) is 0 Å². The predicted molar refractivity (Wildman–Crippen MR) is 97.5 cm³/mol. The van der Waals surface area contributed by atoms with E-state index in [0.717, 1.165) is 16.5 Å². The number of rotatable bonds is 5. The van der Waals surface area contributed by atoms with Crippen molar-refractivity contribution in [2.75, 3.05) is 6.61 Å². The average molecular weight is 339 g/mol. The van der Waals surface area contributed by atoms with Crippen LogP contribution >= 0.6 is 0 Å². The van der Waals surface area contributed by atoms with E-state index in [1.165, 1.54) is 0 Å². The fourth-order valence-electron chi connectivity index (χ4n) is 2.14. The summed E-state index contributed by atoms with van der Waals surface area (Å²) < 4.78 is 10.8. The summed E-state index contributed by atoms with van der Waals surface area (Å²) in [5, 5.41) is 9.63. The Morgan fingerprint density at radius 3 is 2.32 bits per heavy atom. The molecule has 5 heteroatoms. The van der Waals surface area contributed by atoms with Crippen LogP contribution in [-0.2, 0) is 4.79 Å². The second-order valence-corrected chi connectivity index (χ2v) is 5.10. The smallest absolute Gasteiger partial charge is 0.341 e. The van der Waals surface area contributed by atoms with Crippen LogP contribution in [0.25, 0.3) is 10.9 Å². The molecule has 3 aromatic rings.